The number of carbonyl (C=O) groups is 1. The summed E-state index contributed by atoms with van der Waals surface area (Å²) in [5.41, 5.74) is 8.43. The summed E-state index contributed by atoms with van der Waals surface area (Å²) in [4.78, 5) is 33.3. The SMILES string of the molecule is Cc1cccc(-c2[nH]c(-c3ccc(C(=O)NO)cc3)nc2-c2ccc3nccnc3c2)n1. The molecule has 0 saturated heterocycles. The molecule has 5 rings (SSSR count). The van der Waals surface area contributed by atoms with Crippen LogP contribution in [0.4, 0.5) is 0 Å². The van der Waals surface area contributed by atoms with Gasteiger partial charge in [-0.25, -0.2) is 10.5 Å². The molecule has 0 radical (unpaired) electrons. The normalized spacial score (nSPS) is 10.9. The molecule has 0 bridgehead atoms. The fourth-order valence-electron chi connectivity index (χ4n) is 3.54. The Kier molecular flexibility index (Phi) is 4.89. The molecular weight excluding hydrogens is 404 g/mol. The van der Waals surface area contributed by atoms with Crippen molar-refractivity contribution in [3.63, 3.8) is 0 Å². The van der Waals surface area contributed by atoms with Crippen LogP contribution in [0.2, 0.25) is 0 Å². The summed E-state index contributed by atoms with van der Waals surface area (Å²) in [6.07, 6.45) is 3.33. The van der Waals surface area contributed by atoms with E-state index in [-0.39, 0.29) is 0 Å². The third-order valence-corrected chi connectivity index (χ3v) is 5.11. The van der Waals surface area contributed by atoms with Crippen LogP contribution in [0, 0.1) is 6.92 Å². The van der Waals surface area contributed by atoms with Gasteiger partial charge in [-0.15, -0.1) is 0 Å². The number of nitrogens with zero attached hydrogens (tertiary/aromatic N) is 4. The number of amides is 1. The van der Waals surface area contributed by atoms with E-state index in [9.17, 15) is 4.79 Å². The number of imidazole rings is 1. The van der Waals surface area contributed by atoms with Gasteiger partial charge in [-0.05, 0) is 43.3 Å². The first-order chi connectivity index (χ1) is 15.6. The van der Waals surface area contributed by atoms with Crippen LogP contribution < -0.4 is 5.48 Å². The zero-order chi connectivity index (χ0) is 22.1. The lowest BCUT2D eigenvalue weighted by molar-refractivity contribution is 0.0706. The monoisotopic (exact) mass is 422 g/mol. The number of aromatic nitrogens is 5. The van der Waals surface area contributed by atoms with Crippen molar-refractivity contribution in [1.29, 1.82) is 0 Å². The number of nitrogens with one attached hydrogen (secondary N) is 2. The second-order valence-corrected chi connectivity index (χ2v) is 7.25. The van der Waals surface area contributed by atoms with Crippen LogP contribution in [0.25, 0.3) is 45.1 Å². The van der Waals surface area contributed by atoms with Crippen molar-refractivity contribution in [2.75, 3.05) is 0 Å². The Hall–Kier alpha value is -4.43. The highest BCUT2D eigenvalue weighted by atomic mass is 16.5. The summed E-state index contributed by atoms with van der Waals surface area (Å²) in [5.74, 6) is 0.0621. The first kappa shape index (κ1) is 19.5. The Labute approximate surface area is 183 Å². The predicted octanol–water partition coefficient (Wildman–Crippen LogP) is 4.18. The lowest BCUT2D eigenvalue weighted by Gasteiger charge is -2.04. The molecule has 0 aliphatic heterocycles. The molecule has 156 valence electrons. The second-order valence-electron chi connectivity index (χ2n) is 7.25. The largest absolute Gasteiger partial charge is 0.336 e. The molecule has 0 spiro atoms. The zero-order valence-corrected chi connectivity index (χ0v) is 17.1. The molecule has 8 heteroatoms. The van der Waals surface area contributed by atoms with E-state index < -0.39 is 5.91 Å². The van der Waals surface area contributed by atoms with Crippen molar-refractivity contribution >= 4 is 16.9 Å². The molecule has 0 fully saturated rings. The zero-order valence-electron chi connectivity index (χ0n) is 17.1. The highest BCUT2D eigenvalue weighted by Gasteiger charge is 2.17. The average molecular weight is 422 g/mol. The minimum absolute atomic E-state index is 0.344. The van der Waals surface area contributed by atoms with Gasteiger partial charge in [-0.2, -0.15) is 0 Å². The van der Waals surface area contributed by atoms with Gasteiger partial charge in [0.1, 0.15) is 5.82 Å². The van der Waals surface area contributed by atoms with E-state index >= 15 is 0 Å². The van der Waals surface area contributed by atoms with Crippen molar-refractivity contribution in [2.24, 2.45) is 0 Å². The van der Waals surface area contributed by atoms with Crippen molar-refractivity contribution in [1.82, 2.24) is 30.4 Å². The number of carbonyl (C=O) groups excluding carboxylic acids is 1. The maximum Gasteiger partial charge on any atom is 0.274 e. The third-order valence-electron chi connectivity index (χ3n) is 5.11. The molecule has 8 nitrogen and oxygen atoms in total. The maximum atomic E-state index is 11.6. The van der Waals surface area contributed by atoms with Crippen molar-refractivity contribution in [3.8, 4) is 34.0 Å². The van der Waals surface area contributed by atoms with Crippen LogP contribution in [0.5, 0.6) is 0 Å². The summed E-state index contributed by atoms with van der Waals surface area (Å²) in [5, 5.41) is 8.83. The van der Waals surface area contributed by atoms with E-state index in [1.165, 1.54) is 0 Å². The molecule has 0 atom stereocenters. The van der Waals surface area contributed by atoms with Crippen LogP contribution in [0.1, 0.15) is 16.1 Å². The molecule has 0 aliphatic rings. The highest BCUT2D eigenvalue weighted by Crippen LogP contribution is 2.33. The second kappa shape index (κ2) is 8.01. The highest BCUT2D eigenvalue weighted by molar-refractivity contribution is 5.94. The van der Waals surface area contributed by atoms with E-state index in [0.29, 0.717) is 11.4 Å². The number of fused-ring (bicyclic) bond motifs is 1. The number of hydroxylamine groups is 1. The van der Waals surface area contributed by atoms with Crippen molar-refractivity contribution in [3.05, 3.63) is 84.3 Å². The fourth-order valence-corrected chi connectivity index (χ4v) is 3.54. The Morgan fingerprint density at radius 3 is 2.41 bits per heavy atom. The molecule has 1 amide bonds. The van der Waals surface area contributed by atoms with Crippen LogP contribution in [-0.4, -0.2) is 36.0 Å². The lowest BCUT2D eigenvalue weighted by Crippen LogP contribution is -2.18. The third kappa shape index (κ3) is 3.59. The number of aryl methyl sites for hydroxylation is 1. The van der Waals surface area contributed by atoms with Crippen LogP contribution in [-0.2, 0) is 0 Å². The molecule has 32 heavy (non-hydrogen) atoms. The Morgan fingerprint density at radius 2 is 1.66 bits per heavy atom. The first-order valence-corrected chi connectivity index (χ1v) is 9.92. The number of H-pyrrole nitrogens is 1. The number of pyridine rings is 1. The fraction of sp³-hybridized carbons (Fsp3) is 0.0417. The number of hydrogen-bond acceptors (Lipinski definition) is 6. The van der Waals surface area contributed by atoms with Crippen molar-refractivity contribution in [2.45, 2.75) is 6.92 Å². The van der Waals surface area contributed by atoms with E-state index in [1.54, 1.807) is 42.1 Å². The van der Waals surface area contributed by atoms with E-state index in [0.717, 1.165) is 44.9 Å². The molecule has 5 aromatic rings. The van der Waals surface area contributed by atoms with Gasteiger partial charge in [0.15, 0.2) is 0 Å². The Balaban J connectivity index is 1.66. The minimum atomic E-state index is -0.571. The molecule has 2 aromatic carbocycles. The minimum Gasteiger partial charge on any atom is -0.336 e. The van der Waals surface area contributed by atoms with Crippen LogP contribution in [0.15, 0.2) is 73.1 Å². The van der Waals surface area contributed by atoms with Gasteiger partial charge in [-0.3, -0.25) is 25.0 Å². The number of benzene rings is 2. The smallest absolute Gasteiger partial charge is 0.274 e. The molecule has 0 saturated carbocycles. The van der Waals surface area contributed by atoms with Crippen LogP contribution in [0.3, 0.4) is 0 Å². The maximum absolute atomic E-state index is 11.6. The summed E-state index contributed by atoms with van der Waals surface area (Å²) in [7, 11) is 0. The van der Waals surface area contributed by atoms with Crippen molar-refractivity contribution < 1.29 is 10.0 Å². The first-order valence-electron chi connectivity index (χ1n) is 9.92. The average Bonchev–Trinajstić information content (AvgIpc) is 3.29. The molecule has 0 aliphatic carbocycles. The standard InChI is InChI=1S/C24H18N6O2/c1-14-3-2-4-19(27-14)22-21(17-9-10-18-20(13-17)26-12-11-25-18)28-23(29-22)15-5-7-16(8-6-15)24(31)30-32/h2-13,32H,1H3,(H,28,29)(H,30,31). The van der Waals surface area contributed by atoms with Gasteiger partial charge in [0.05, 0.1) is 28.1 Å². The Bertz CT molecular complexity index is 1440. The van der Waals surface area contributed by atoms with Gasteiger partial charge in [-0.1, -0.05) is 24.3 Å². The summed E-state index contributed by atoms with van der Waals surface area (Å²) >= 11 is 0. The van der Waals surface area contributed by atoms with E-state index in [2.05, 4.69) is 19.9 Å². The van der Waals surface area contributed by atoms with E-state index in [4.69, 9.17) is 10.2 Å². The summed E-state index contributed by atoms with van der Waals surface area (Å²) < 4.78 is 0. The summed E-state index contributed by atoms with van der Waals surface area (Å²) in [6, 6.07) is 18.5. The number of rotatable bonds is 4. The molecule has 3 aromatic heterocycles. The van der Waals surface area contributed by atoms with Gasteiger partial charge in [0, 0.05) is 34.8 Å². The van der Waals surface area contributed by atoms with Gasteiger partial charge in [0.25, 0.3) is 5.91 Å². The van der Waals surface area contributed by atoms with Crippen LogP contribution >= 0.6 is 0 Å². The topological polar surface area (TPSA) is 117 Å². The van der Waals surface area contributed by atoms with Gasteiger partial charge < -0.3 is 4.98 Å². The Morgan fingerprint density at radius 1 is 0.906 bits per heavy atom. The van der Waals surface area contributed by atoms with E-state index in [1.807, 2.05) is 43.3 Å². The summed E-state index contributed by atoms with van der Waals surface area (Å²) in [6.45, 7) is 1.94. The molecular formula is C24H18N6O2. The van der Waals surface area contributed by atoms with Gasteiger partial charge in [0.2, 0.25) is 0 Å². The number of hydrogen-bond donors (Lipinski definition) is 3. The quantitative estimate of drug-likeness (QED) is 0.296. The number of aromatic amines is 1. The molecule has 3 N–H and O–H groups in total. The predicted molar refractivity (Wildman–Crippen MR) is 120 cm³/mol. The molecule has 3 heterocycles. The lowest BCUT2D eigenvalue weighted by atomic mass is 10.1. The van der Waals surface area contributed by atoms with Gasteiger partial charge >= 0.3 is 0 Å². The molecule has 0 unspecified atom stereocenters.